The summed E-state index contributed by atoms with van der Waals surface area (Å²) in [5.41, 5.74) is -3.58. The quantitative estimate of drug-likeness (QED) is 0.203. The van der Waals surface area contributed by atoms with Crippen molar-refractivity contribution in [3.05, 3.63) is 46.4 Å². The van der Waals surface area contributed by atoms with Crippen molar-refractivity contribution in [1.29, 1.82) is 0 Å². The van der Waals surface area contributed by atoms with Crippen LogP contribution in [0.3, 0.4) is 0 Å². The standard InChI is InChI=1S/C32H46N2O4.C32H47NO5/c1-27(2)12-14-32(26(37)38-9)15-13-31(7)24(19(32)17-27)34-23(35)16-22-29(5)18-20(33-8)25(36)28(3,4)21(29)10-11-30(22,31)6;1-27(2)12-14-32(26(36)37-9)15-13-31(7)25(19(32)17-27)38-23(34)16-22-29(5)18-20(33-8)24(35)28(3,4)21(29)10-11-30(22,31)6/h18-19,21-22,24H,10-17H2,1-7,9H3,(H,34,35);18-19,21-23,25,34H,10-17H2,1-7,9H3/t19-,21-,22+,24+,29-,30+,31+,32-;19-,21-,22+,23?,25?,29-,30+,31+,32-/m00/s1. The first-order chi connectivity index (χ1) is 35.0. The molecule has 0 aromatic rings. The van der Waals surface area contributed by atoms with E-state index in [4.69, 9.17) is 27.4 Å². The Kier molecular flexibility index (Phi) is 13.3. The van der Waals surface area contributed by atoms with Crippen LogP contribution >= 0.6 is 0 Å². The van der Waals surface area contributed by atoms with E-state index in [0.717, 1.165) is 89.9 Å². The molecule has 12 heteroatoms. The predicted octanol–water partition coefficient (Wildman–Crippen LogP) is 12.4. The lowest BCUT2D eigenvalue weighted by Crippen LogP contribution is -2.68. The summed E-state index contributed by atoms with van der Waals surface area (Å²) in [6, 6.07) is -0.125. The van der Waals surface area contributed by atoms with E-state index in [2.05, 4.69) is 84.2 Å². The number of hydrogen-bond acceptors (Lipinski definition) is 9. The number of esters is 2. The first kappa shape index (κ1) is 56.8. The number of carbonyl (C=O) groups is 5. The fourth-order valence-corrected chi connectivity index (χ4v) is 21.2. The molecule has 17 atom stereocenters. The Bertz CT molecular complexity index is 2630. The Labute approximate surface area is 455 Å². The minimum Gasteiger partial charge on any atom is -0.469 e. The number of carbonyl (C=O) groups excluding carboxylic acids is 5. The van der Waals surface area contributed by atoms with Gasteiger partial charge in [-0.2, -0.15) is 0 Å². The number of fused-ring (bicyclic) bond motifs is 14. The Hall–Kier alpha value is -3.87. The van der Waals surface area contributed by atoms with Gasteiger partial charge in [-0.25, -0.2) is 9.69 Å². The number of hydrogen-bond donors (Lipinski definition) is 2. The summed E-state index contributed by atoms with van der Waals surface area (Å²) < 4.78 is 17.6. The number of Topliss-reactive ketones (excluding diaryl/α,β-unsaturated/α-hetero) is 2. The molecule has 2 N–H and O–H groups in total. The number of ether oxygens (including phenoxy) is 3. The SMILES string of the molecule is [C-]#[N+]C1=C[C@]2(C)[C@H]3CC(=O)N[C@@H]4[C@@H]5CC(C)(C)CC[C@]5(C(=O)OC)CC[C@@]4(C)[C@]3(C)CC[C@H]2C(C)(C)C1=O.[C-]#[N+]C1=C[C@]2(C)[C@H]3CC(O)OC4[C@@H]5CC(C)(C)CC[C@]5(C(=O)OC)CC[C@@]4(C)[C@]3(C)CC[C@H]2C(C)(C)C1=O. The normalized spacial score (nSPS) is 48.0. The highest BCUT2D eigenvalue weighted by Gasteiger charge is 2.74. The number of amides is 1. The lowest BCUT2D eigenvalue weighted by Gasteiger charge is -2.68. The zero-order valence-corrected chi connectivity index (χ0v) is 49.3. The molecule has 6 saturated carbocycles. The molecule has 0 spiro atoms. The smallest absolute Gasteiger partial charge is 0.312 e. The zero-order chi connectivity index (χ0) is 56.2. The molecule has 8 aliphatic carbocycles. The molecule has 0 aromatic carbocycles. The van der Waals surface area contributed by atoms with Crippen molar-refractivity contribution < 1.29 is 43.3 Å². The fraction of sp³-hybridized carbons (Fsp3) is 0.828. The van der Waals surface area contributed by atoms with Gasteiger partial charge in [0.15, 0.2) is 17.9 Å². The molecule has 2 unspecified atom stereocenters. The average Bonchev–Trinajstić information content (AvgIpc) is 3.50. The summed E-state index contributed by atoms with van der Waals surface area (Å²) >= 11 is 0. The van der Waals surface area contributed by atoms with E-state index in [1.54, 1.807) is 0 Å². The van der Waals surface area contributed by atoms with E-state index in [1.165, 1.54) is 14.2 Å². The number of nitrogens with one attached hydrogen (secondary N) is 1. The lowest BCUT2D eigenvalue weighted by atomic mass is 9.36. The molecule has 10 aliphatic rings. The topological polar surface area (TPSA) is 154 Å². The van der Waals surface area contributed by atoms with Crippen LogP contribution in [0.1, 0.15) is 200 Å². The molecule has 76 heavy (non-hydrogen) atoms. The summed E-state index contributed by atoms with van der Waals surface area (Å²) in [5, 5.41) is 15.0. The summed E-state index contributed by atoms with van der Waals surface area (Å²) in [6.07, 6.45) is 15.6. The second-order valence-electron chi connectivity index (χ2n) is 30.8. The maximum atomic E-state index is 13.9. The molecule has 418 valence electrons. The fourth-order valence-electron chi connectivity index (χ4n) is 21.2. The van der Waals surface area contributed by atoms with Crippen molar-refractivity contribution in [2.45, 2.75) is 218 Å². The van der Waals surface area contributed by atoms with Crippen LogP contribution in [0.5, 0.6) is 0 Å². The summed E-state index contributed by atoms with van der Waals surface area (Å²) in [6.45, 7) is 46.6. The average molecular weight is 1050 g/mol. The molecule has 10 rings (SSSR count). The Balaban J connectivity index is 0.000000186. The highest BCUT2D eigenvalue weighted by molar-refractivity contribution is 6.03. The number of aliphatic hydroxyl groups excluding tert-OH is 1. The number of rotatable bonds is 2. The van der Waals surface area contributed by atoms with Crippen LogP contribution in [0.15, 0.2) is 23.5 Å². The molecule has 2 saturated heterocycles. The molecule has 8 fully saturated rings. The van der Waals surface area contributed by atoms with Gasteiger partial charge in [0, 0.05) is 35.6 Å². The Morgan fingerprint density at radius 2 is 1.00 bits per heavy atom. The molecular formula is C64H93N3O9. The third kappa shape index (κ3) is 7.59. The first-order valence-electron chi connectivity index (χ1n) is 29.1. The van der Waals surface area contributed by atoms with Gasteiger partial charge < -0.3 is 34.2 Å². The Morgan fingerprint density at radius 1 is 0.579 bits per heavy atom. The minimum atomic E-state index is -0.967. The monoisotopic (exact) mass is 1050 g/mol. The summed E-state index contributed by atoms with van der Waals surface area (Å²) in [7, 11) is 3.00. The van der Waals surface area contributed by atoms with Crippen LogP contribution in [0.2, 0.25) is 0 Å². The molecular weight excluding hydrogens is 955 g/mol. The first-order valence-corrected chi connectivity index (χ1v) is 29.1. The Morgan fingerprint density at radius 3 is 1.47 bits per heavy atom. The number of methoxy groups -OCH3 is 2. The van der Waals surface area contributed by atoms with Gasteiger partial charge >= 0.3 is 11.9 Å². The summed E-state index contributed by atoms with van der Waals surface area (Å²) in [5.74, 6) is -0.161. The van der Waals surface area contributed by atoms with Crippen molar-refractivity contribution in [2.24, 2.45) is 100 Å². The highest BCUT2D eigenvalue weighted by Crippen LogP contribution is 2.76. The molecule has 0 radical (unpaired) electrons. The number of aliphatic hydroxyl groups is 1. The molecule has 12 nitrogen and oxygen atoms in total. The van der Waals surface area contributed by atoms with Gasteiger partial charge in [-0.05, 0) is 163 Å². The van der Waals surface area contributed by atoms with Crippen LogP contribution in [-0.4, -0.2) is 67.2 Å². The third-order valence-corrected chi connectivity index (χ3v) is 25.9. The maximum Gasteiger partial charge on any atom is 0.312 e. The van der Waals surface area contributed by atoms with Crippen molar-refractivity contribution in [2.75, 3.05) is 14.2 Å². The van der Waals surface area contributed by atoms with Gasteiger partial charge in [-0.1, -0.05) is 109 Å². The second kappa shape index (κ2) is 17.8. The highest BCUT2D eigenvalue weighted by atomic mass is 16.6. The van der Waals surface area contributed by atoms with Gasteiger partial charge in [0.2, 0.25) is 17.3 Å². The number of ketones is 2. The van der Waals surface area contributed by atoms with Gasteiger partial charge in [0.1, 0.15) is 0 Å². The van der Waals surface area contributed by atoms with Crippen LogP contribution < -0.4 is 5.32 Å². The number of allylic oxidation sites excluding steroid dienone is 4. The van der Waals surface area contributed by atoms with Crippen LogP contribution in [0, 0.1) is 114 Å². The van der Waals surface area contributed by atoms with Crippen LogP contribution in [0.4, 0.5) is 0 Å². The van der Waals surface area contributed by atoms with Crippen molar-refractivity contribution in [3.63, 3.8) is 0 Å². The number of nitrogens with zero attached hydrogens (tertiary/aromatic N) is 2. The van der Waals surface area contributed by atoms with E-state index in [-0.39, 0.29) is 121 Å². The molecule has 2 aliphatic heterocycles. The van der Waals surface area contributed by atoms with Gasteiger partial charge in [0.25, 0.3) is 0 Å². The zero-order valence-electron chi connectivity index (χ0n) is 49.3. The van der Waals surface area contributed by atoms with Crippen molar-refractivity contribution in [1.82, 2.24) is 5.32 Å². The van der Waals surface area contributed by atoms with Gasteiger partial charge in [-0.15, -0.1) is 0 Å². The van der Waals surface area contributed by atoms with Gasteiger partial charge in [0.05, 0.1) is 44.3 Å². The third-order valence-electron chi connectivity index (χ3n) is 25.9. The van der Waals surface area contributed by atoms with E-state index >= 15 is 0 Å². The van der Waals surface area contributed by atoms with E-state index in [1.807, 2.05) is 39.8 Å². The van der Waals surface area contributed by atoms with Crippen molar-refractivity contribution >= 4 is 29.4 Å². The predicted molar refractivity (Wildman–Crippen MR) is 290 cm³/mol. The second-order valence-corrected chi connectivity index (χ2v) is 30.8. The van der Waals surface area contributed by atoms with E-state index in [0.29, 0.717) is 12.8 Å². The van der Waals surface area contributed by atoms with Crippen LogP contribution in [0.25, 0.3) is 9.69 Å². The van der Waals surface area contributed by atoms with Gasteiger partial charge in [-0.3, -0.25) is 14.4 Å². The molecule has 2 heterocycles. The van der Waals surface area contributed by atoms with E-state index in [9.17, 15) is 29.1 Å². The van der Waals surface area contributed by atoms with Crippen LogP contribution in [-0.2, 0) is 38.2 Å². The molecule has 0 bridgehead atoms. The molecule has 0 aromatic heterocycles. The molecule has 1 amide bonds. The maximum absolute atomic E-state index is 13.9. The lowest BCUT2D eigenvalue weighted by molar-refractivity contribution is -0.247. The largest absolute Gasteiger partial charge is 0.469 e. The van der Waals surface area contributed by atoms with Crippen molar-refractivity contribution in [3.8, 4) is 0 Å². The van der Waals surface area contributed by atoms with E-state index < -0.39 is 38.8 Å². The minimum absolute atomic E-state index is 0.00453. The summed E-state index contributed by atoms with van der Waals surface area (Å²) in [4.78, 5) is 74.7.